The minimum Gasteiger partial charge on any atom is -0.322 e. The fraction of sp³-hybridized carbons (Fsp3) is 0.444. The van der Waals surface area contributed by atoms with Crippen molar-refractivity contribution in [1.29, 1.82) is 0 Å². The van der Waals surface area contributed by atoms with Crippen molar-refractivity contribution in [3.63, 3.8) is 0 Å². The number of hydrogen-bond acceptors (Lipinski definition) is 5. The molecule has 192 valence electrons. The molecule has 1 aromatic heterocycles. The van der Waals surface area contributed by atoms with Gasteiger partial charge in [0.25, 0.3) is 0 Å². The van der Waals surface area contributed by atoms with Crippen molar-refractivity contribution in [1.82, 2.24) is 25.1 Å². The molecule has 0 spiro atoms. The molecule has 1 saturated heterocycles. The van der Waals surface area contributed by atoms with Gasteiger partial charge in [0.15, 0.2) is 0 Å². The highest BCUT2D eigenvalue weighted by molar-refractivity contribution is 5.92. The number of likely N-dealkylation sites (N-methyl/N-ethyl adjacent to an activating group) is 1. The predicted octanol–water partition coefficient (Wildman–Crippen LogP) is 3.87. The van der Waals surface area contributed by atoms with Crippen LogP contribution in [0.4, 0.5) is 10.5 Å². The van der Waals surface area contributed by atoms with E-state index in [9.17, 15) is 9.59 Å². The summed E-state index contributed by atoms with van der Waals surface area (Å²) in [4.78, 5) is 30.8. The third-order valence-corrected chi connectivity index (χ3v) is 6.93. The molecule has 9 heteroatoms. The van der Waals surface area contributed by atoms with Gasteiger partial charge in [0.1, 0.15) is 0 Å². The SMILES string of the molecule is CN1CCN(C(=O)N(CCCCCCC(=O)NO)c2ccc(-c3ccc4cnn(C)c4c3)cc2)CC1. The topological polar surface area (TPSA) is 93.9 Å². The van der Waals surface area contributed by atoms with Gasteiger partial charge in [0, 0.05) is 57.3 Å². The number of piperazine rings is 1. The van der Waals surface area contributed by atoms with E-state index < -0.39 is 0 Å². The number of aryl methyl sites for hydroxylation is 1. The lowest BCUT2D eigenvalue weighted by atomic mass is 10.0. The summed E-state index contributed by atoms with van der Waals surface area (Å²) in [6.07, 6.45) is 5.53. The van der Waals surface area contributed by atoms with Gasteiger partial charge in [-0.15, -0.1) is 0 Å². The minimum absolute atomic E-state index is 0.0480. The van der Waals surface area contributed by atoms with Crippen LogP contribution in [0.25, 0.3) is 22.0 Å². The number of rotatable bonds is 9. The summed E-state index contributed by atoms with van der Waals surface area (Å²) in [6, 6.07) is 14.6. The third kappa shape index (κ3) is 6.22. The van der Waals surface area contributed by atoms with Crippen LogP contribution < -0.4 is 10.4 Å². The summed E-state index contributed by atoms with van der Waals surface area (Å²) in [6.45, 7) is 3.83. The van der Waals surface area contributed by atoms with E-state index in [0.29, 0.717) is 19.4 Å². The summed E-state index contributed by atoms with van der Waals surface area (Å²) >= 11 is 0. The van der Waals surface area contributed by atoms with Gasteiger partial charge in [-0.05, 0) is 49.2 Å². The Balaban J connectivity index is 1.45. The van der Waals surface area contributed by atoms with Crippen LogP contribution in [-0.4, -0.2) is 76.5 Å². The molecule has 0 saturated carbocycles. The van der Waals surface area contributed by atoms with Crippen LogP contribution in [0.1, 0.15) is 32.1 Å². The van der Waals surface area contributed by atoms with E-state index in [1.165, 1.54) is 0 Å². The van der Waals surface area contributed by atoms with Gasteiger partial charge in [-0.2, -0.15) is 5.10 Å². The number of hydrogen-bond donors (Lipinski definition) is 2. The van der Waals surface area contributed by atoms with Crippen LogP contribution >= 0.6 is 0 Å². The Labute approximate surface area is 212 Å². The molecule has 0 aliphatic carbocycles. The van der Waals surface area contributed by atoms with Crippen LogP contribution in [0.15, 0.2) is 48.7 Å². The van der Waals surface area contributed by atoms with Gasteiger partial charge in [-0.3, -0.25) is 19.6 Å². The summed E-state index contributed by atoms with van der Waals surface area (Å²) in [5.41, 5.74) is 5.85. The fourth-order valence-electron chi connectivity index (χ4n) is 4.63. The summed E-state index contributed by atoms with van der Waals surface area (Å²) in [5.74, 6) is -0.357. The number of nitrogens with one attached hydrogen (secondary N) is 1. The van der Waals surface area contributed by atoms with Crippen molar-refractivity contribution in [2.75, 3.05) is 44.7 Å². The second-order valence-corrected chi connectivity index (χ2v) is 9.51. The largest absolute Gasteiger partial charge is 0.324 e. The molecule has 0 atom stereocenters. The average molecular weight is 493 g/mol. The zero-order chi connectivity index (χ0) is 25.5. The van der Waals surface area contributed by atoms with Crippen molar-refractivity contribution >= 4 is 28.5 Å². The number of carbonyl (C=O) groups is 2. The molecule has 2 aromatic carbocycles. The summed E-state index contributed by atoms with van der Waals surface area (Å²) < 4.78 is 1.87. The van der Waals surface area contributed by atoms with Crippen molar-refractivity contribution in [2.24, 2.45) is 7.05 Å². The first kappa shape index (κ1) is 25.7. The smallest absolute Gasteiger partial charge is 0.322 e. The van der Waals surface area contributed by atoms with Crippen LogP contribution in [0, 0.1) is 0 Å². The highest BCUT2D eigenvalue weighted by Gasteiger charge is 2.25. The molecule has 36 heavy (non-hydrogen) atoms. The van der Waals surface area contributed by atoms with E-state index in [1.807, 2.05) is 39.9 Å². The van der Waals surface area contributed by atoms with E-state index in [4.69, 9.17) is 5.21 Å². The van der Waals surface area contributed by atoms with Crippen LogP contribution in [-0.2, 0) is 11.8 Å². The average Bonchev–Trinajstić information content (AvgIpc) is 3.28. The molecule has 0 unspecified atom stereocenters. The summed E-state index contributed by atoms with van der Waals surface area (Å²) in [7, 11) is 4.02. The van der Waals surface area contributed by atoms with Crippen LogP contribution in [0.5, 0.6) is 0 Å². The molecule has 0 bridgehead atoms. The molecule has 9 nitrogen and oxygen atoms in total. The summed E-state index contributed by atoms with van der Waals surface area (Å²) in [5, 5.41) is 14.1. The minimum atomic E-state index is -0.357. The van der Waals surface area contributed by atoms with E-state index >= 15 is 0 Å². The van der Waals surface area contributed by atoms with Crippen LogP contribution in [0.3, 0.4) is 0 Å². The van der Waals surface area contributed by atoms with Gasteiger partial charge < -0.3 is 9.80 Å². The molecule has 4 rings (SSSR count). The van der Waals surface area contributed by atoms with E-state index in [0.717, 1.165) is 73.2 Å². The second kappa shape index (κ2) is 12.0. The maximum Gasteiger partial charge on any atom is 0.324 e. The molecule has 2 N–H and O–H groups in total. The number of nitrogens with zero attached hydrogens (tertiary/aromatic N) is 5. The predicted molar refractivity (Wildman–Crippen MR) is 141 cm³/mol. The first-order valence-corrected chi connectivity index (χ1v) is 12.7. The van der Waals surface area contributed by atoms with Gasteiger partial charge in [-0.25, -0.2) is 10.3 Å². The molecule has 1 fully saturated rings. The van der Waals surface area contributed by atoms with Gasteiger partial charge in [0.2, 0.25) is 5.91 Å². The Bertz CT molecular complexity index is 1170. The lowest BCUT2D eigenvalue weighted by Gasteiger charge is -2.36. The monoisotopic (exact) mass is 492 g/mol. The lowest BCUT2D eigenvalue weighted by Crippen LogP contribution is -2.52. The van der Waals surface area contributed by atoms with Crippen molar-refractivity contribution < 1.29 is 14.8 Å². The number of unbranched alkanes of at least 4 members (excludes halogenated alkanes) is 3. The van der Waals surface area contributed by atoms with Crippen molar-refractivity contribution in [3.05, 3.63) is 48.7 Å². The second-order valence-electron chi connectivity index (χ2n) is 9.51. The molecule has 1 aliphatic heterocycles. The Morgan fingerprint density at radius 3 is 2.36 bits per heavy atom. The quantitative estimate of drug-likeness (QED) is 0.269. The normalized spacial score (nSPS) is 14.2. The van der Waals surface area contributed by atoms with Crippen molar-refractivity contribution in [3.8, 4) is 11.1 Å². The number of urea groups is 1. The Morgan fingerprint density at radius 2 is 1.64 bits per heavy atom. The Morgan fingerprint density at radius 1 is 0.944 bits per heavy atom. The first-order chi connectivity index (χ1) is 17.5. The lowest BCUT2D eigenvalue weighted by molar-refractivity contribution is -0.129. The third-order valence-electron chi connectivity index (χ3n) is 6.93. The number of fused-ring (bicyclic) bond motifs is 1. The van der Waals surface area contributed by atoms with Crippen molar-refractivity contribution in [2.45, 2.75) is 32.1 Å². The van der Waals surface area contributed by atoms with E-state index in [1.54, 1.807) is 5.48 Å². The van der Waals surface area contributed by atoms with Gasteiger partial charge in [-0.1, -0.05) is 37.1 Å². The van der Waals surface area contributed by atoms with Crippen LogP contribution in [0.2, 0.25) is 0 Å². The number of anilines is 1. The number of amides is 3. The number of hydroxylamine groups is 1. The first-order valence-electron chi connectivity index (χ1n) is 12.7. The molecule has 3 amide bonds. The zero-order valence-corrected chi connectivity index (χ0v) is 21.2. The van der Waals surface area contributed by atoms with Gasteiger partial charge in [0.05, 0.1) is 11.7 Å². The maximum absolute atomic E-state index is 13.5. The zero-order valence-electron chi connectivity index (χ0n) is 21.2. The fourth-order valence-corrected chi connectivity index (χ4v) is 4.63. The maximum atomic E-state index is 13.5. The molecular formula is C27H36N6O3. The number of carbonyl (C=O) groups excluding carboxylic acids is 2. The standard InChI is InChI=1S/C27H36N6O3/c1-30-15-17-32(18-16-30)27(35)33(14-6-4-3-5-7-26(34)29-36)24-12-10-21(11-13-24)22-8-9-23-20-28-31(2)25(23)19-22/h8-13,19-20,36H,3-7,14-18H2,1-2H3,(H,29,34). The van der Waals surface area contributed by atoms with Gasteiger partial charge >= 0.3 is 6.03 Å². The van der Waals surface area contributed by atoms with E-state index in [2.05, 4.69) is 47.4 Å². The highest BCUT2D eigenvalue weighted by atomic mass is 16.5. The molecule has 0 radical (unpaired) electrons. The number of benzene rings is 2. The molecule has 2 heterocycles. The Kier molecular flexibility index (Phi) is 8.56. The van der Waals surface area contributed by atoms with E-state index in [-0.39, 0.29) is 11.9 Å². The molecule has 3 aromatic rings. The number of aromatic nitrogens is 2. The molecule has 1 aliphatic rings. The molecular weight excluding hydrogens is 456 g/mol. The highest BCUT2D eigenvalue weighted by Crippen LogP contribution is 2.27. The Hall–Kier alpha value is -3.43.